The molecule has 6 rings (SSSR count). The number of nitrogens with one attached hydrogen (secondary N) is 2. The van der Waals surface area contributed by atoms with Crippen LogP contribution in [0.3, 0.4) is 0 Å². The highest BCUT2D eigenvalue weighted by Gasteiger charge is 2.32. The van der Waals surface area contributed by atoms with E-state index in [2.05, 4.69) is 34.7 Å². The van der Waals surface area contributed by atoms with E-state index in [0.29, 0.717) is 68.2 Å². The maximum atomic E-state index is 13.3. The molecule has 0 radical (unpaired) electrons. The van der Waals surface area contributed by atoms with Crippen molar-refractivity contribution in [3.63, 3.8) is 0 Å². The van der Waals surface area contributed by atoms with Crippen molar-refractivity contribution in [3.8, 4) is 16.8 Å². The first-order valence-corrected chi connectivity index (χ1v) is 20.0. The van der Waals surface area contributed by atoms with Crippen LogP contribution in [0.15, 0.2) is 47.5 Å². The Labute approximate surface area is 339 Å². The van der Waals surface area contributed by atoms with E-state index in [9.17, 15) is 14.4 Å². The van der Waals surface area contributed by atoms with Crippen LogP contribution in [0.2, 0.25) is 5.02 Å². The summed E-state index contributed by atoms with van der Waals surface area (Å²) in [6.07, 6.45) is 0.851. The summed E-state index contributed by atoms with van der Waals surface area (Å²) in [5, 5.41) is 25.3. The van der Waals surface area contributed by atoms with Gasteiger partial charge in [0.05, 0.1) is 50.0 Å². The number of thiophene rings is 1. The number of rotatable bonds is 16. The number of nitrogens with zero attached hydrogens (tertiary/aromatic N) is 7. The van der Waals surface area contributed by atoms with E-state index in [1.54, 1.807) is 29.5 Å². The zero-order valence-corrected chi connectivity index (χ0v) is 33.8. The summed E-state index contributed by atoms with van der Waals surface area (Å²) in [6.45, 7) is 8.78. The first-order chi connectivity index (χ1) is 27.1. The number of hydrogen-bond acceptors (Lipinski definition) is 11. The van der Waals surface area contributed by atoms with Crippen LogP contribution < -0.4 is 25.2 Å². The second kappa shape index (κ2) is 18.8. The molecule has 14 nitrogen and oxygen atoms in total. The molecule has 4 heterocycles. The van der Waals surface area contributed by atoms with Gasteiger partial charge in [-0.05, 0) is 57.0 Å². The molecule has 4 aromatic rings. The molecule has 2 aliphatic rings. The lowest BCUT2D eigenvalue weighted by Gasteiger charge is -2.32. The molecule has 1 atom stereocenters. The van der Waals surface area contributed by atoms with E-state index in [1.807, 2.05) is 46.7 Å². The van der Waals surface area contributed by atoms with Crippen molar-refractivity contribution in [1.82, 2.24) is 25.4 Å². The molecule has 2 aromatic heterocycles. The van der Waals surface area contributed by atoms with Crippen molar-refractivity contribution < 1.29 is 23.9 Å². The van der Waals surface area contributed by atoms with Crippen LogP contribution in [-0.2, 0) is 19.1 Å². The smallest absolute Gasteiger partial charge is 0.241 e. The average molecular weight is 821 g/mol. The van der Waals surface area contributed by atoms with Gasteiger partial charge in [0, 0.05) is 59.0 Å². The highest BCUT2D eigenvalue weighted by molar-refractivity contribution is 7.15. The Bertz CT molecular complexity index is 2150. The number of halogens is 2. The van der Waals surface area contributed by atoms with Gasteiger partial charge in [0.1, 0.15) is 35.1 Å². The monoisotopic (exact) mass is 819 g/mol. The molecule has 17 heteroatoms. The first kappa shape index (κ1) is 40.6. The quantitative estimate of drug-likeness (QED) is 0.114. The fourth-order valence-corrected chi connectivity index (χ4v) is 8.09. The van der Waals surface area contributed by atoms with E-state index in [-0.39, 0.29) is 49.5 Å². The molecule has 3 amide bonds. The highest BCUT2D eigenvalue weighted by atomic mass is 35.5. The first-order valence-electron chi connectivity index (χ1n) is 18.3. The Morgan fingerprint density at radius 1 is 1.07 bits per heavy atom. The molecular weight excluding hydrogens is 777 g/mol. The van der Waals surface area contributed by atoms with Crippen molar-refractivity contribution >= 4 is 69.3 Å². The van der Waals surface area contributed by atoms with Crippen LogP contribution in [-0.4, -0.2) is 96.6 Å². The third-order valence-electron chi connectivity index (χ3n) is 9.50. The van der Waals surface area contributed by atoms with Gasteiger partial charge in [-0.1, -0.05) is 23.7 Å². The fourth-order valence-electron chi connectivity index (χ4n) is 6.61. The minimum absolute atomic E-state index is 0.0956. The maximum absolute atomic E-state index is 13.3. The molecule has 56 heavy (non-hydrogen) atoms. The summed E-state index contributed by atoms with van der Waals surface area (Å²) in [5.41, 5.74) is 5.15. The molecule has 0 unspecified atom stereocenters. The van der Waals surface area contributed by atoms with Crippen LogP contribution in [0.4, 0.5) is 11.4 Å². The van der Waals surface area contributed by atoms with Crippen LogP contribution in [0.5, 0.6) is 5.75 Å². The number of aromatic nitrogens is 3. The predicted octanol–water partition coefficient (Wildman–Crippen LogP) is 5.21. The molecule has 0 saturated heterocycles. The number of hydrogen-bond donors (Lipinski definition) is 2. The second-order valence-electron chi connectivity index (χ2n) is 13.3. The molecule has 2 aliphatic heterocycles. The number of carbonyl (C=O) groups is 3. The standard InChI is InChI=1S/C39H43Cl2N9O5S/c1-24-25(2)56-39-36(24)37(27-6-8-28(41)9-7-27)45-30(38-47-46-26(3)50(38)39)21-33(51)43-13-5-17-54-18-14-44-34(52)23-48-16-19-55-32-20-29(10-11-31(32)48)49(15-4-12-42)35(53)22-40/h6-11,20,30H,4-5,13-19,21-23H2,1-3H3,(H,43,51)(H,44,52)/t30-/m0/s1. The third kappa shape index (κ3) is 9.33. The van der Waals surface area contributed by atoms with Crippen LogP contribution in [0.1, 0.15) is 58.5 Å². The Kier molecular flexibility index (Phi) is 13.6. The van der Waals surface area contributed by atoms with E-state index in [4.69, 9.17) is 42.9 Å². The van der Waals surface area contributed by atoms with Gasteiger partial charge in [0.25, 0.3) is 0 Å². The van der Waals surface area contributed by atoms with Gasteiger partial charge in [-0.2, -0.15) is 5.26 Å². The lowest BCUT2D eigenvalue weighted by Crippen LogP contribution is -2.42. The molecule has 294 valence electrons. The third-order valence-corrected chi connectivity index (χ3v) is 11.2. The minimum atomic E-state index is -0.554. The molecule has 0 aliphatic carbocycles. The van der Waals surface area contributed by atoms with Crippen molar-refractivity contribution in [2.75, 3.05) is 68.2 Å². The summed E-state index contributed by atoms with van der Waals surface area (Å²) in [7, 11) is 0. The number of carbonyl (C=O) groups excluding carboxylic acids is 3. The average Bonchev–Trinajstić information content (AvgIpc) is 3.67. The van der Waals surface area contributed by atoms with Crippen molar-refractivity contribution in [3.05, 3.63) is 80.7 Å². The zero-order chi connectivity index (χ0) is 39.8. The largest absolute Gasteiger partial charge is 0.489 e. The summed E-state index contributed by atoms with van der Waals surface area (Å²) >= 11 is 13.7. The molecule has 2 aromatic carbocycles. The molecular formula is C39H43Cl2N9O5S. The fraction of sp³-hybridized carbons (Fsp3) is 0.410. The van der Waals surface area contributed by atoms with Crippen molar-refractivity contribution in [1.29, 1.82) is 5.26 Å². The number of benzene rings is 2. The Balaban J connectivity index is 0.954. The molecule has 0 spiro atoms. The number of aliphatic imine (C=N–C) groups is 1. The lowest BCUT2D eigenvalue weighted by atomic mass is 9.99. The Morgan fingerprint density at radius 2 is 1.86 bits per heavy atom. The summed E-state index contributed by atoms with van der Waals surface area (Å²) in [6, 6.07) is 14.4. The molecule has 0 fully saturated rings. The van der Waals surface area contributed by atoms with E-state index in [1.165, 1.54) is 9.78 Å². The SMILES string of the molecule is Cc1sc2c(c1C)C(c1ccc(Cl)cc1)=N[C@@H](CC(=O)NCCCOCCNC(=O)CN1CCOc3cc(N(CCC#N)C(=O)CCl)ccc31)c1nnc(C)n1-2. The van der Waals surface area contributed by atoms with Crippen LogP contribution in [0.25, 0.3) is 5.00 Å². The number of amides is 3. The summed E-state index contributed by atoms with van der Waals surface area (Å²) in [4.78, 5) is 48.1. The van der Waals surface area contributed by atoms with E-state index >= 15 is 0 Å². The Morgan fingerprint density at radius 3 is 2.62 bits per heavy atom. The lowest BCUT2D eigenvalue weighted by molar-refractivity contribution is -0.122. The van der Waals surface area contributed by atoms with Crippen LogP contribution in [0, 0.1) is 32.1 Å². The number of nitriles is 1. The predicted molar refractivity (Wildman–Crippen MR) is 217 cm³/mol. The minimum Gasteiger partial charge on any atom is -0.489 e. The topological polar surface area (TPSA) is 167 Å². The number of fused-ring (bicyclic) bond motifs is 4. The molecule has 0 bridgehead atoms. The number of alkyl halides is 1. The zero-order valence-electron chi connectivity index (χ0n) is 31.4. The Hall–Kier alpha value is -5.01. The van der Waals surface area contributed by atoms with Gasteiger partial charge < -0.3 is 29.9 Å². The van der Waals surface area contributed by atoms with Gasteiger partial charge >= 0.3 is 0 Å². The molecule has 0 saturated carbocycles. The van der Waals surface area contributed by atoms with E-state index in [0.717, 1.165) is 38.9 Å². The van der Waals surface area contributed by atoms with Crippen LogP contribution >= 0.6 is 34.5 Å². The van der Waals surface area contributed by atoms with Gasteiger partial charge in [-0.15, -0.1) is 33.1 Å². The summed E-state index contributed by atoms with van der Waals surface area (Å²) in [5.74, 6) is 1.06. The number of anilines is 2. The van der Waals surface area contributed by atoms with Gasteiger partial charge in [-0.3, -0.25) is 23.9 Å². The maximum Gasteiger partial charge on any atom is 0.241 e. The number of aryl methyl sites for hydroxylation is 2. The highest BCUT2D eigenvalue weighted by Crippen LogP contribution is 2.40. The van der Waals surface area contributed by atoms with Gasteiger partial charge in [0.15, 0.2) is 5.82 Å². The molecule has 2 N–H and O–H groups in total. The second-order valence-corrected chi connectivity index (χ2v) is 15.2. The van der Waals surface area contributed by atoms with E-state index < -0.39 is 6.04 Å². The van der Waals surface area contributed by atoms with Gasteiger partial charge in [0.2, 0.25) is 17.7 Å². The number of ether oxygens (including phenoxy) is 2. The van der Waals surface area contributed by atoms with Crippen molar-refractivity contribution in [2.24, 2.45) is 4.99 Å². The van der Waals surface area contributed by atoms with Crippen molar-refractivity contribution in [2.45, 2.75) is 46.1 Å². The van der Waals surface area contributed by atoms with Gasteiger partial charge in [-0.25, -0.2) is 0 Å². The summed E-state index contributed by atoms with van der Waals surface area (Å²) < 4.78 is 13.6. The normalized spacial score (nSPS) is 14.3.